The third kappa shape index (κ3) is 5.73. The van der Waals surface area contributed by atoms with Gasteiger partial charge in [0.05, 0.1) is 5.56 Å². The van der Waals surface area contributed by atoms with Crippen molar-refractivity contribution in [2.24, 2.45) is 0 Å². The summed E-state index contributed by atoms with van der Waals surface area (Å²) in [5.74, 6) is -0.445. The molecule has 0 radical (unpaired) electrons. The number of carbonyl (C=O) groups excluding carboxylic acids is 3. The number of hydrogen-bond donors (Lipinski definition) is 1. The van der Waals surface area contributed by atoms with Gasteiger partial charge in [0.2, 0.25) is 0 Å². The molecule has 0 saturated heterocycles. The lowest BCUT2D eigenvalue weighted by atomic mass is 10.0. The summed E-state index contributed by atoms with van der Waals surface area (Å²) in [6.45, 7) is 3.37. The number of carbonyl (C=O) groups is 3. The molecule has 1 N–H and O–H groups in total. The Morgan fingerprint density at radius 2 is 1.73 bits per heavy atom. The number of para-hydroxylation sites is 1. The molecule has 26 heavy (non-hydrogen) atoms. The summed E-state index contributed by atoms with van der Waals surface area (Å²) >= 11 is 0. The van der Waals surface area contributed by atoms with Crippen LogP contribution in [0, 0.1) is 0 Å². The summed E-state index contributed by atoms with van der Waals surface area (Å²) in [6.07, 6.45) is 0.638. The van der Waals surface area contributed by atoms with Gasteiger partial charge in [0.15, 0.2) is 19.5 Å². The van der Waals surface area contributed by atoms with Gasteiger partial charge >= 0.3 is 5.97 Å². The number of esters is 1. The number of amides is 1. The average Bonchev–Trinajstić information content (AvgIpc) is 2.65. The van der Waals surface area contributed by atoms with Crippen LogP contribution in [0.25, 0.3) is 0 Å². The molecule has 6 nitrogen and oxygen atoms in total. The van der Waals surface area contributed by atoms with E-state index < -0.39 is 18.5 Å². The SMILES string of the molecule is CC(C)c1ccc(NC(=O)COC(=O)COc2ccccc2C=O)cc1. The smallest absolute Gasteiger partial charge is 0.344 e. The first-order chi connectivity index (χ1) is 12.5. The van der Waals surface area contributed by atoms with Crippen LogP contribution in [0.3, 0.4) is 0 Å². The first-order valence-corrected chi connectivity index (χ1v) is 8.22. The molecule has 0 aliphatic rings. The van der Waals surface area contributed by atoms with Crippen LogP contribution in [0.5, 0.6) is 5.75 Å². The van der Waals surface area contributed by atoms with Crippen molar-refractivity contribution in [1.82, 2.24) is 0 Å². The fourth-order valence-corrected chi connectivity index (χ4v) is 2.18. The second-order valence-corrected chi connectivity index (χ2v) is 5.93. The third-order valence-corrected chi connectivity index (χ3v) is 3.62. The second-order valence-electron chi connectivity index (χ2n) is 5.93. The minimum Gasteiger partial charge on any atom is -0.481 e. The molecule has 0 bridgehead atoms. The Morgan fingerprint density at radius 1 is 1.04 bits per heavy atom. The maximum Gasteiger partial charge on any atom is 0.344 e. The van der Waals surface area contributed by atoms with Crippen LogP contribution in [0.4, 0.5) is 5.69 Å². The van der Waals surface area contributed by atoms with E-state index in [4.69, 9.17) is 9.47 Å². The molecule has 2 aromatic carbocycles. The van der Waals surface area contributed by atoms with Crippen LogP contribution in [0.1, 0.15) is 35.7 Å². The molecule has 0 aliphatic heterocycles. The number of aldehydes is 1. The first-order valence-electron chi connectivity index (χ1n) is 8.22. The van der Waals surface area contributed by atoms with Gasteiger partial charge in [-0.05, 0) is 35.7 Å². The van der Waals surface area contributed by atoms with Crippen molar-refractivity contribution >= 4 is 23.9 Å². The Morgan fingerprint density at radius 3 is 2.38 bits per heavy atom. The van der Waals surface area contributed by atoms with E-state index in [-0.39, 0.29) is 12.4 Å². The maximum absolute atomic E-state index is 11.8. The maximum atomic E-state index is 11.8. The van der Waals surface area contributed by atoms with Crippen LogP contribution in [-0.4, -0.2) is 31.4 Å². The Hall–Kier alpha value is -3.15. The summed E-state index contributed by atoms with van der Waals surface area (Å²) < 4.78 is 10.1. The zero-order valence-corrected chi connectivity index (χ0v) is 14.7. The molecule has 0 unspecified atom stereocenters. The Kier molecular flexibility index (Phi) is 6.91. The zero-order chi connectivity index (χ0) is 18.9. The van der Waals surface area contributed by atoms with Crippen molar-refractivity contribution in [3.05, 3.63) is 59.7 Å². The van der Waals surface area contributed by atoms with Crippen molar-refractivity contribution in [3.63, 3.8) is 0 Å². The second kappa shape index (κ2) is 9.36. The summed E-state index contributed by atoms with van der Waals surface area (Å²) in [7, 11) is 0. The number of hydrogen-bond acceptors (Lipinski definition) is 5. The fourth-order valence-electron chi connectivity index (χ4n) is 2.18. The van der Waals surface area contributed by atoms with Crippen LogP contribution >= 0.6 is 0 Å². The van der Waals surface area contributed by atoms with Gasteiger partial charge in [-0.25, -0.2) is 4.79 Å². The minimum atomic E-state index is -0.698. The minimum absolute atomic E-state index is 0.286. The van der Waals surface area contributed by atoms with Gasteiger partial charge in [0.25, 0.3) is 5.91 Å². The lowest BCUT2D eigenvalue weighted by molar-refractivity contribution is -0.149. The lowest BCUT2D eigenvalue weighted by Crippen LogP contribution is -2.23. The third-order valence-electron chi connectivity index (χ3n) is 3.62. The van der Waals surface area contributed by atoms with E-state index in [0.717, 1.165) is 0 Å². The highest BCUT2D eigenvalue weighted by Gasteiger charge is 2.10. The molecule has 0 aliphatic carbocycles. The highest BCUT2D eigenvalue weighted by molar-refractivity contribution is 5.92. The van der Waals surface area contributed by atoms with E-state index >= 15 is 0 Å². The number of anilines is 1. The van der Waals surface area contributed by atoms with Gasteiger partial charge in [-0.15, -0.1) is 0 Å². The average molecular weight is 355 g/mol. The Bertz CT molecular complexity index is 768. The number of rotatable bonds is 8. The molecule has 0 saturated carbocycles. The van der Waals surface area contributed by atoms with Crippen molar-refractivity contribution in [3.8, 4) is 5.75 Å². The summed E-state index contributed by atoms with van der Waals surface area (Å²) in [5, 5.41) is 2.65. The predicted octanol–water partition coefficient (Wildman–Crippen LogP) is 3.18. The zero-order valence-electron chi connectivity index (χ0n) is 14.7. The molecular weight excluding hydrogens is 334 g/mol. The monoisotopic (exact) mass is 355 g/mol. The van der Waals surface area contributed by atoms with E-state index in [1.165, 1.54) is 5.56 Å². The van der Waals surface area contributed by atoms with Crippen LogP contribution < -0.4 is 10.1 Å². The number of ether oxygens (including phenoxy) is 2. The summed E-state index contributed by atoms with van der Waals surface area (Å²) in [6, 6.07) is 14.0. The molecule has 0 heterocycles. The van der Waals surface area contributed by atoms with Gasteiger partial charge in [-0.2, -0.15) is 0 Å². The molecule has 2 aromatic rings. The van der Waals surface area contributed by atoms with Gasteiger partial charge in [-0.3, -0.25) is 9.59 Å². The molecule has 136 valence electrons. The molecule has 0 atom stereocenters. The van der Waals surface area contributed by atoms with E-state index in [2.05, 4.69) is 19.2 Å². The summed E-state index contributed by atoms with van der Waals surface area (Å²) in [5.41, 5.74) is 2.14. The molecule has 0 spiro atoms. The van der Waals surface area contributed by atoms with Gasteiger partial charge in [0, 0.05) is 5.69 Å². The Labute approximate surface area is 152 Å². The molecule has 0 aromatic heterocycles. The normalized spacial score (nSPS) is 10.3. The van der Waals surface area contributed by atoms with Crippen molar-refractivity contribution < 1.29 is 23.9 Å². The molecule has 0 fully saturated rings. The summed E-state index contributed by atoms with van der Waals surface area (Å²) in [4.78, 5) is 34.4. The van der Waals surface area contributed by atoms with Crippen molar-refractivity contribution in [2.45, 2.75) is 19.8 Å². The van der Waals surface area contributed by atoms with Gasteiger partial charge < -0.3 is 14.8 Å². The molecule has 1 amide bonds. The van der Waals surface area contributed by atoms with Gasteiger partial charge in [0.1, 0.15) is 5.75 Å². The van der Waals surface area contributed by atoms with E-state index in [0.29, 0.717) is 23.5 Å². The highest BCUT2D eigenvalue weighted by Crippen LogP contribution is 2.17. The lowest BCUT2D eigenvalue weighted by Gasteiger charge is -2.10. The number of benzene rings is 2. The highest BCUT2D eigenvalue weighted by atomic mass is 16.6. The molecule has 6 heteroatoms. The number of nitrogens with one attached hydrogen (secondary N) is 1. The Balaban J connectivity index is 1.76. The predicted molar refractivity (Wildman–Crippen MR) is 97.4 cm³/mol. The topological polar surface area (TPSA) is 81.7 Å². The van der Waals surface area contributed by atoms with Crippen LogP contribution in [0.15, 0.2) is 48.5 Å². The van der Waals surface area contributed by atoms with Crippen molar-refractivity contribution in [2.75, 3.05) is 18.5 Å². The van der Waals surface area contributed by atoms with E-state index in [1.807, 2.05) is 12.1 Å². The largest absolute Gasteiger partial charge is 0.481 e. The van der Waals surface area contributed by atoms with E-state index in [9.17, 15) is 14.4 Å². The van der Waals surface area contributed by atoms with Crippen molar-refractivity contribution in [1.29, 1.82) is 0 Å². The molecule has 2 rings (SSSR count). The fraction of sp³-hybridized carbons (Fsp3) is 0.250. The van der Waals surface area contributed by atoms with Crippen LogP contribution in [0.2, 0.25) is 0 Å². The van der Waals surface area contributed by atoms with Crippen LogP contribution in [-0.2, 0) is 14.3 Å². The quantitative estimate of drug-likeness (QED) is 0.581. The molecular formula is C20H21NO5. The van der Waals surface area contributed by atoms with E-state index in [1.54, 1.807) is 36.4 Å². The van der Waals surface area contributed by atoms with Gasteiger partial charge in [-0.1, -0.05) is 38.1 Å². The standard InChI is InChI=1S/C20H21NO5/c1-14(2)15-7-9-17(10-8-15)21-19(23)12-26-20(24)13-25-18-6-4-3-5-16(18)11-22/h3-11,14H,12-13H2,1-2H3,(H,21,23). The first kappa shape index (κ1) is 19.2.